The number of aryl methyl sites for hydroxylation is 1. The number of carboxylic acids is 1. The quantitative estimate of drug-likeness (QED) is 0.642. The zero-order valence-corrected chi connectivity index (χ0v) is 11.0. The van der Waals surface area contributed by atoms with Crippen molar-refractivity contribution in [1.82, 2.24) is 9.88 Å². The van der Waals surface area contributed by atoms with Crippen LogP contribution in [-0.2, 0) is 4.79 Å². The van der Waals surface area contributed by atoms with Crippen molar-refractivity contribution in [3.8, 4) is 0 Å². The Bertz CT molecular complexity index is 566. The molecule has 2 rings (SSSR count). The predicted octanol–water partition coefficient (Wildman–Crippen LogP) is 0.503. The molecular formula is C12H16N4O4. The summed E-state index contributed by atoms with van der Waals surface area (Å²) in [7, 11) is 0. The number of amides is 3. The lowest BCUT2D eigenvalue weighted by Gasteiger charge is -2.22. The van der Waals surface area contributed by atoms with Gasteiger partial charge in [-0.05, 0) is 25.8 Å². The van der Waals surface area contributed by atoms with Gasteiger partial charge in [-0.1, -0.05) is 0 Å². The van der Waals surface area contributed by atoms with Crippen molar-refractivity contribution in [2.24, 2.45) is 5.73 Å². The summed E-state index contributed by atoms with van der Waals surface area (Å²) in [4.78, 5) is 38.4. The highest BCUT2D eigenvalue weighted by Gasteiger charge is 2.33. The number of hydrogen-bond donors (Lipinski definition) is 4. The van der Waals surface area contributed by atoms with Crippen LogP contribution >= 0.6 is 0 Å². The number of carbonyl (C=O) groups is 3. The molecule has 0 saturated carbocycles. The molecule has 1 aliphatic heterocycles. The van der Waals surface area contributed by atoms with Gasteiger partial charge in [0.05, 0.1) is 5.69 Å². The molecule has 0 bridgehead atoms. The predicted molar refractivity (Wildman–Crippen MR) is 70.4 cm³/mol. The third-order valence-electron chi connectivity index (χ3n) is 3.25. The lowest BCUT2D eigenvalue weighted by atomic mass is 10.2. The van der Waals surface area contributed by atoms with Crippen LogP contribution in [0.25, 0.3) is 0 Å². The molecule has 0 radical (unpaired) electrons. The molecule has 8 nitrogen and oxygen atoms in total. The molecule has 1 aromatic rings. The minimum Gasteiger partial charge on any atom is -0.477 e. The molecule has 0 aromatic carbocycles. The van der Waals surface area contributed by atoms with Gasteiger partial charge in [0.25, 0.3) is 0 Å². The minimum atomic E-state index is -1.17. The van der Waals surface area contributed by atoms with Crippen molar-refractivity contribution in [2.75, 3.05) is 11.9 Å². The Hall–Kier alpha value is -2.51. The zero-order valence-electron chi connectivity index (χ0n) is 11.0. The molecule has 108 valence electrons. The van der Waals surface area contributed by atoms with Crippen LogP contribution in [0.2, 0.25) is 0 Å². The Morgan fingerprint density at radius 2 is 2.20 bits per heavy atom. The summed E-state index contributed by atoms with van der Waals surface area (Å²) >= 11 is 0. The largest absolute Gasteiger partial charge is 0.477 e. The van der Waals surface area contributed by atoms with Crippen LogP contribution < -0.4 is 11.1 Å². The van der Waals surface area contributed by atoms with Crippen molar-refractivity contribution in [2.45, 2.75) is 25.8 Å². The SMILES string of the molecule is Cc1cc(NC(=O)N2CCCC2C(N)=O)c(C(=O)O)[nH]1. The second-order valence-electron chi connectivity index (χ2n) is 4.73. The first-order chi connectivity index (χ1) is 9.40. The number of nitrogens with zero attached hydrogens (tertiary/aromatic N) is 1. The molecule has 0 spiro atoms. The molecule has 3 amide bonds. The fourth-order valence-electron chi connectivity index (χ4n) is 2.35. The molecule has 2 heterocycles. The maximum Gasteiger partial charge on any atom is 0.354 e. The Kier molecular flexibility index (Phi) is 3.64. The van der Waals surface area contributed by atoms with Crippen LogP contribution in [0.15, 0.2) is 6.07 Å². The first kappa shape index (κ1) is 13.9. The standard InChI is InChI=1S/C12H16N4O4/c1-6-5-7(9(14-6)11(18)19)15-12(20)16-4-2-3-8(16)10(13)17/h5,8,14H,2-4H2,1H3,(H2,13,17)(H,15,20)(H,18,19). The number of H-pyrrole nitrogens is 1. The van der Waals surface area contributed by atoms with E-state index in [2.05, 4.69) is 10.3 Å². The lowest BCUT2D eigenvalue weighted by molar-refractivity contribution is -0.121. The third kappa shape index (κ3) is 2.58. The smallest absolute Gasteiger partial charge is 0.354 e. The molecule has 1 saturated heterocycles. The summed E-state index contributed by atoms with van der Waals surface area (Å²) in [5, 5.41) is 11.5. The minimum absolute atomic E-state index is 0.0920. The number of nitrogens with one attached hydrogen (secondary N) is 2. The van der Waals surface area contributed by atoms with Crippen LogP contribution in [0.4, 0.5) is 10.5 Å². The van der Waals surface area contributed by atoms with Crippen molar-refractivity contribution >= 4 is 23.6 Å². The van der Waals surface area contributed by atoms with Gasteiger partial charge in [-0.15, -0.1) is 0 Å². The summed E-state index contributed by atoms with van der Waals surface area (Å²) in [5.74, 6) is -1.72. The van der Waals surface area contributed by atoms with Gasteiger partial charge in [-0.2, -0.15) is 0 Å². The van der Waals surface area contributed by atoms with E-state index in [-0.39, 0.29) is 11.4 Å². The molecular weight excluding hydrogens is 264 g/mol. The van der Waals surface area contributed by atoms with E-state index in [9.17, 15) is 14.4 Å². The summed E-state index contributed by atoms with van der Waals surface area (Å²) in [6.07, 6.45) is 1.22. The fraction of sp³-hybridized carbons (Fsp3) is 0.417. The fourth-order valence-corrected chi connectivity index (χ4v) is 2.35. The maximum atomic E-state index is 12.1. The number of rotatable bonds is 3. The molecule has 1 atom stereocenters. The van der Waals surface area contributed by atoms with E-state index in [1.165, 1.54) is 11.0 Å². The summed E-state index contributed by atoms with van der Waals surface area (Å²) in [6.45, 7) is 2.11. The first-order valence-electron chi connectivity index (χ1n) is 6.20. The molecule has 1 fully saturated rings. The number of hydrogen-bond acceptors (Lipinski definition) is 3. The van der Waals surface area contributed by atoms with Crippen LogP contribution in [0.1, 0.15) is 29.0 Å². The van der Waals surface area contributed by atoms with Gasteiger partial charge in [0.2, 0.25) is 5.91 Å². The van der Waals surface area contributed by atoms with Crippen molar-refractivity contribution in [3.63, 3.8) is 0 Å². The third-order valence-corrected chi connectivity index (χ3v) is 3.25. The van der Waals surface area contributed by atoms with E-state index in [1.807, 2.05) is 0 Å². The molecule has 8 heteroatoms. The molecule has 0 aliphatic carbocycles. The van der Waals surface area contributed by atoms with E-state index in [0.29, 0.717) is 25.1 Å². The highest BCUT2D eigenvalue weighted by atomic mass is 16.4. The highest BCUT2D eigenvalue weighted by Crippen LogP contribution is 2.21. The lowest BCUT2D eigenvalue weighted by Crippen LogP contribution is -2.45. The summed E-state index contributed by atoms with van der Waals surface area (Å²) in [5.41, 5.74) is 5.94. The Labute approximate surface area is 114 Å². The first-order valence-corrected chi connectivity index (χ1v) is 6.20. The van der Waals surface area contributed by atoms with Gasteiger partial charge in [0, 0.05) is 12.2 Å². The molecule has 1 aromatic heterocycles. The van der Waals surface area contributed by atoms with E-state index >= 15 is 0 Å². The number of carboxylic acid groups (broad SMARTS) is 1. The van der Waals surface area contributed by atoms with Gasteiger partial charge in [0.15, 0.2) is 0 Å². The highest BCUT2D eigenvalue weighted by molar-refractivity contribution is 6.00. The van der Waals surface area contributed by atoms with Crippen molar-refractivity contribution < 1.29 is 19.5 Å². The topological polar surface area (TPSA) is 129 Å². The van der Waals surface area contributed by atoms with Gasteiger partial charge < -0.3 is 26.0 Å². The average Bonchev–Trinajstić information content (AvgIpc) is 2.95. The summed E-state index contributed by atoms with van der Waals surface area (Å²) < 4.78 is 0. The van der Waals surface area contributed by atoms with Gasteiger partial charge in [-0.25, -0.2) is 9.59 Å². The number of aromatic carboxylic acids is 1. The van der Waals surface area contributed by atoms with Gasteiger partial charge in [0.1, 0.15) is 11.7 Å². The summed E-state index contributed by atoms with van der Waals surface area (Å²) in [6, 6.07) is 0.368. The van der Waals surface area contributed by atoms with Crippen molar-refractivity contribution in [1.29, 1.82) is 0 Å². The second-order valence-corrected chi connectivity index (χ2v) is 4.73. The van der Waals surface area contributed by atoms with Crippen LogP contribution in [0.3, 0.4) is 0 Å². The Morgan fingerprint density at radius 3 is 2.80 bits per heavy atom. The molecule has 20 heavy (non-hydrogen) atoms. The van der Waals surface area contributed by atoms with E-state index in [0.717, 1.165) is 0 Å². The Morgan fingerprint density at radius 1 is 1.50 bits per heavy atom. The van der Waals surface area contributed by atoms with E-state index in [1.54, 1.807) is 6.92 Å². The maximum absolute atomic E-state index is 12.1. The number of primary amides is 1. The number of likely N-dealkylation sites (tertiary alicyclic amines) is 1. The number of urea groups is 1. The van der Waals surface area contributed by atoms with E-state index < -0.39 is 23.9 Å². The van der Waals surface area contributed by atoms with Crippen LogP contribution in [-0.4, -0.2) is 45.5 Å². The second kappa shape index (κ2) is 5.24. The molecule has 1 unspecified atom stereocenters. The van der Waals surface area contributed by atoms with Crippen LogP contribution in [0, 0.1) is 6.92 Å². The monoisotopic (exact) mass is 280 g/mol. The number of nitrogens with two attached hydrogens (primary N) is 1. The zero-order chi connectivity index (χ0) is 14.9. The average molecular weight is 280 g/mol. The molecule has 1 aliphatic rings. The van der Waals surface area contributed by atoms with Crippen molar-refractivity contribution in [3.05, 3.63) is 17.5 Å². The van der Waals surface area contributed by atoms with Crippen LogP contribution in [0.5, 0.6) is 0 Å². The van der Waals surface area contributed by atoms with E-state index in [4.69, 9.17) is 10.8 Å². The number of aromatic nitrogens is 1. The normalized spacial score (nSPS) is 18.1. The van der Waals surface area contributed by atoms with Gasteiger partial charge in [-0.3, -0.25) is 4.79 Å². The Balaban J connectivity index is 2.16. The molecule has 5 N–H and O–H groups in total. The number of anilines is 1. The van der Waals surface area contributed by atoms with Gasteiger partial charge >= 0.3 is 12.0 Å². The number of carbonyl (C=O) groups excluding carboxylic acids is 2. The number of aromatic amines is 1.